The van der Waals surface area contributed by atoms with Crippen molar-refractivity contribution in [3.8, 4) is 11.3 Å². The average Bonchev–Trinajstić information content (AvgIpc) is 3.43. The van der Waals surface area contributed by atoms with Crippen molar-refractivity contribution in [1.82, 2.24) is 4.98 Å². The van der Waals surface area contributed by atoms with Crippen LogP contribution in [0, 0.1) is 0 Å². The fourth-order valence-electron chi connectivity index (χ4n) is 7.97. The van der Waals surface area contributed by atoms with Gasteiger partial charge in [-0.05, 0) is 93.2 Å². The van der Waals surface area contributed by atoms with Gasteiger partial charge in [0.2, 0.25) is 0 Å². The summed E-state index contributed by atoms with van der Waals surface area (Å²) < 4.78 is 0. The molecule has 0 aliphatic heterocycles. The Morgan fingerprint density at radius 1 is 0.706 bits per heavy atom. The molecule has 3 aliphatic carbocycles. The standard InChI is InChI=1S/C33H33N/c1-31(2)20-32(3,4)29-19-34-30(16-28(29)31)26-11-7-10-23-24(26)12-13-27-25(23)14-15-33(27)17-21-8-5-6-9-22(21)18-33/h5-13,16,19H,14-15,17-18,20H2,1-4H3. The lowest BCUT2D eigenvalue weighted by Gasteiger charge is -2.25. The topological polar surface area (TPSA) is 12.9 Å². The number of nitrogens with zero attached hydrogens (tertiary/aromatic N) is 1. The molecule has 34 heavy (non-hydrogen) atoms. The highest BCUT2D eigenvalue weighted by Gasteiger charge is 2.44. The Hall–Kier alpha value is -2.93. The van der Waals surface area contributed by atoms with Gasteiger partial charge in [-0.15, -0.1) is 0 Å². The summed E-state index contributed by atoms with van der Waals surface area (Å²) in [7, 11) is 0. The van der Waals surface area contributed by atoms with Gasteiger partial charge in [0.1, 0.15) is 0 Å². The summed E-state index contributed by atoms with van der Waals surface area (Å²) in [6.45, 7) is 9.50. The van der Waals surface area contributed by atoms with Crippen LogP contribution in [0.2, 0.25) is 0 Å². The molecular weight excluding hydrogens is 410 g/mol. The Kier molecular flexibility index (Phi) is 3.97. The average molecular weight is 444 g/mol. The van der Waals surface area contributed by atoms with Gasteiger partial charge in [0.15, 0.2) is 0 Å². The number of benzene rings is 3. The van der Waals surface area contributed by atoms with Gasteiger partial charge in [-0.1, -0.05) is 82.3 Å². The van der Waals surface area contributed by atoms with Crippen molar-refractivity contribution in [2.45, 2.75) is 76.0 Å². The smallest absolute Gasteiger partial charge is 0.0711 e. The molecule has 0 radical (unpaired) electrons. The van der Waals surface area contributed by atoms with Crippen LogP contribution in [0.4, 0.5) is 0 Å². The second kappa shape index (κ2) is 6.60. The molecule has 0 N–H and O–H groups in total. The van der Waals surface area contributed by atoms with Crippen molar-refractivity contribution in [3.63, 3.8) is 0 Å². The minimum atomic E-state index is 0.187. The molecule has 3 aromatic carbocycles. The first-order chi connectivity index (χ1) is 16.3. The van der Waals surface area contributed by atoms with E-state index in [4.69, 9.17) is 4.98 Å². The van der Waals surface area contributed by atoms with Crippen LogP contribution in [0.25, 0.3) is 22.0 Å². The number of hydrogen-bond acceptors (Lipinski definition) is 1. The maximum atomic E-state index is 5.02. The lowest BCUT2D eigenvalue weighted by molar-refractivity contribution is 0.403. The lowest BCUT2D eigenvalue weighted by atomic mass is 9.78. The summed E-state index contributed by atoms with van der Waals surface area (Å²) in [6, 6.07) is 23.2. The number of rotatable bonds is 1. The molecule has 170 valence electrons. The molecule has 0 saturated heterocycles. The first kappa shape index (κ1) is 20.4. The molecule has 0 atom stereocenters. The van der Waals surface area contributed by atoms with E-state index in [0.29, 0.717) is 5.41 Å². The first-order valence-electron chi connectivity index (χ1n) is 12.9. The van der Waals surface area contributed by atoms with Crippen LogP contribution >= 0.6 is 0 Å². The SMILES string of the molecule is CC1(C)CC(C)(C)c2cc(-c3cccc4c5c(ccc34)C3(CC5)Cc4ccccc4C3)ncc21. The van der Waals surface area contributed by atoms with E-state index in [0.717, 1.165) is 5.69 Å². The number of pyridine rings is 1. The van der Waals surface area contributed by atoms with Crippen LogP contribution in [-0.4, -0.2) is 4.98 Å². The highest BCUT2D eigenvalue weighted by Crippen LogP contribution is 2.52. The van der Waals surface area contributed by atoms with Crippen molar-refractivity contribution >= 4 is 10.8 Å². The van der Waals surface area contributed by atoms with Crippen molar-refractivity contribution in [2.75, 3.05) is 0 Å². The van der Waals surface area contributed by atoms with Crippen LogP contribution in [0.3, 0.4) is 0 Å². The van der Waals surface area contributed by atoms with Gasteiger partial charge in [-0.2, -0.15) is 0 Å². The quantitative estimate of drug-likeness (QED) is 0.292. The van der Waals surface area contributed by atoms with Crippen molar-refractivity contribution in [1.29, 1.82) is 0 Å². The predicted octanol–water partition coefficient (Wildman–Crippen LogP) is 7.84. The fourth-order valence-corrected chi connectivity index (χ4v) is 7.97. The van der Waals surface area contributed by atoms with Crippen molar-refractivity contribution in [3.05, 3.63) is 100 Å². The van der Waals surface area contributed by atoms with Gasteiger partial charge in [0.05, 0.1) is 5.69 Å². The van der Waals surface area contributed by atoms with E-state index in [1.54, 1.807) is 22.3 Å². The second-order valence-corrected chi connectivity index (χ2v) is 12.5. The third kappa shape index (κ3) is 2.70. The molecule has 1 nitrogen and oxygen atoms in total. The van der Waals surface area contributed by atoms with Gasteiger partial charge < -0.3 is 0 Å². The largest absolute Gasteiger partial charge is 0.256 e. The van der Waals surface area contributed by atoms with E-state index in [9.17, 15) is 0 Å². The Morgan fingerprint density at radius 2 is 1.44 bits per heavy atom. The minimum Gasteiger partial charge on any atom is -0.256 e. The monoisotopic (exact) mass is 443 g/mol. The van der Waals surface area contributed by atoms with Crippen LogP contribution < -0.4 is 0 Å². The van der Waals surface area contributed by atoms with E-state index in [-0.39, 0.29) is 10.8 Å². The molecule has 1 heterocycles. The van der Waals surface area contributed by atoms with Crippen LogP contribution in [-0.2, 0) is 35.5 Å². The molecule has 1 heteroatoms. The van der Waals surface area contributed by atoms with E-state index in [1.807, 2.05) is 0 Å². The summed E-state index contributed by atoms with van der Waals surface area (Å²) in [5.74, 6) is 0. The fraction of sp³-hybridized carbons (Fsp3) is 0.364. The van der Waals surface area contributed by atoms with Crippen LogP contribution in [0.1, 0.15) is 73.9 Å². The molecule has 7 rings (SSSR count). The van der Waals surface area contributed by atoms with Gasteiger partial charge in [-0.3, -0.25) is 4.98 Å². The van der Waals surface area contributed by atoms with Gasteiger partial charge in [0.25, 0.3) is 0 Å². The Labute approximate surface area is 203 Å². The second-order valence-electron chi connectivity index (χ2n) is 12.5. The Bertz CT molecular complexity index is 1460. The van der Waals surface area contributed by atoms with Crippen molar-refractivity contribution < 1.29 is 0 Å². The third-order valence-electron chi connectivity index (χ3n) is 9.30. The molecule has 1 spiro atoms. The number of aryl methyl sites for hydroxylation is 1. The summed E-state index contributed by atoms with van der Waals surface area (Å²) in [4.78, 5) is 5.02. The molecule has 0 bridgehead atoms. The number of aromatic nitrogens is 1. The zero-order valence-electron chi connectivity index (χ0n) is 20.8. The van der Waals surface area contributed by atoms with E-state index >= 15 is 0 Å². The van der Waals surface area contributed by atoms with Gasteiger partial charge in [0, 0.05) is 17.2 Å². The first-order valence-corrected chi connectivity index (χ1v) is 12.9. The van der Waals surface area contributed by atoms with E-state index in [2.05, 4.69) is 94.6 Å². The zero-order valence-corrected chi connectivity index (χ0v) is 20.8. The highest BCUT2D eigenvalue weighted by atomic mass is 14.7. The molecule has 1 aromatic heterocycles. The number of fused-ring (bicyclic) bond motifs is 6. The molecule has 0 fully saturated rings. The molecule has 4 aromatic rings. The third-order valence-corrected chi connectivity index (χ3v) is 9.30. The zero-order chi connectivity index (χ0) is 23.3. The van der Waals surface area contributed by atoms with E-state index in [1.165, 1.54) is 59.6 Å². The Morgan fingerprint density at radius 3 is 2.21 bits per heavy atom. The minimum absolute atomic E-state index is 0.187. The molecule has 0 saturated carbocycles. The normalized spacial score (nSPS) is 20.5. The maximum Gasteiger partial charge on any atom is 0.0711 e. The number of hydrogen-bond donors (Lipinski definition) is 0. The molecule has 0 unspecified atom stereocenters. The maximum absolute atomic E-state index is 5.02. The highest BCUT2D eigenvalue weighted by molar-refractivity contribution is 5.99. The molecular formula is C33H33N. The molecule has 0 amide bonds. The van der Waals surface area contributed by atoms with Gasteiger partial charge in [-0.25, -0.2) is 0 Å². The van der Waals surface area contributed by atoms with Crippen LogP contribution in [0.15, 0.2) is 66.9 Å². The van der Waals surface area contributed by atoms with Crippen molar-refractivity contribution in [2.24, 2.45) is 0 Å². The Balaban J connectivity index is 1.36. The van der Waals surface area contributed by atoms with Gasteiger partial charge >= 0.3 is 0 Å². The summed E-state index contributed by atoms with van der Waals surface area (Å²) in [5.41, 5.74) is 12.2. The lowest BCUT2D eigenvalue weighted by Crippen LogP contribution is -2.23. The molecule has 3 aliphatic rings. The van der Waals surface area contributed by atoms with Crippen LogP contribution in [0.5, 0.6) is 0 Å². The summed E-state index contributed by atoms with van der Waals surface area (Å²) in [5, 5.41) is 2.79. The van der Waals surface area contributed by atoms with E-state index < -0.39 is 0 Å². The summed E-state index contributed by atoms with van der Waals surface area (Å²) in [6.07, 6.45) is 8.17. The summed E-state index contributed by atoms with van der Waals surface area (Å²) >= 11 is 0. The predicted molar refractivity (Wildman–Crippen MR) is 142 cm³/mol.